The van der Waals surface area contributed by atoms with E-state index in [0.29, 0.717) is 47.1 Å². The maximum atomic E-state index is 9.70. The molecule has 0 aliphatic carbocycles. The Labute approximate surface area is 453 Å². The van der Waals surface area contributed by atoms with Crippen LogP contribution in [-0.4, -0.2) is 14.1 Å². The molecule has 0 amide bonds. The quantitative estimate of drug-likeness (QED) is 0.0956. The number of aromatic nitrogens is 4. The minimum absolute atomic E-state index is 0. The zero-order chi connectivity index (χ0) is 55.0. The third-order valence-electron chi connectivity index (χ3n) is 13.8. The fourth-order valence-corrected chi connectivity index (χ4v) is 9.91. The topological polar surface area (TPSA) is 35.9 Å². The van der Waals surface area contributed by atoms with Crippen molar-refractivity contribution in [3.8, 4) is 62.1 Å². The van der Waals surface area contributed by atoms with Crippen LogP contribution in [0.4, 0.5) is 0 Å². The van der Waals surface area contributed by atoms with Crippen molar-refractivity contribution in [2.24, 2.45) is 0 Å². The number of imidazole rings is 1. The van der Waals surface area contributed by atoms with Crippen molar-refractivity contribution < 1.29 is 38.6 Å². The van der Waals surface area contributed by atoms with Crippen LogP contribution in [0.2, 0.25) is 0 Å². The Balaban J connectivity index is 0.00000704. The molecule has 0 spiro atoms. The van der Waals surface area contributed by atoms with Crippen molar-refractivity contribution in [1.29, 1.82) is 0 Å². The molecule has 0 N–H and O–H groups in total. The summed E-state index contributed by atoms with van der Waals surface area (Å²) in [6.45, 7) is 17.3. The summed E-state index contributed by atoms with van der Waals surface area (Å²) in [5.74, 6) is 0.758. The van der Waals surface area contributed by atoms with E-state index in [-0.39, 0.29) is 49.5 Å². The van der Waals surface area contributed by atoms with Crippen molar-refractivity contribution in [1.82, 2.24) is 14.1 Å². The molecule has 8 aromatic carbocycles. The molecule has 0 bridgehead atoms. The van der Waals surface area contributed by atoms with Gasteiger partial charge in [0.15, 0.2) is 0 Å². The predicted octanol–water partition coefficient (Wildman–Crippen LogP) is 17.1. The van der Waals surface area contributed by atoms with E-state index in [1.54, 1.807) is 0 Å². The summed E-state index contributed by atoms with van der Waals surface area (Å²) in [5, 5.41) is 2.02. The zero-order valence-corrected chi connectivity index (χ0v) is 44.7. The standard InChI is InChI=1S/C67H60N4O.Pt/c1-9-45(10-2)58-42-64(68-43-59(58)47-25-15-12-16-26-47)71-60-32-18-17-29-56(60)57-36-35-53(41-63(57)71)72-52-28-21-27-51(40-52)69-44-70(62-34-20-19-33-61(62)69)65-54(46-23-13-11-14-24-46)30-22-31-55(65)48-37-49(66(3,4)5)39-50(38-48)67(6,7)8;/h11-39,42-43,45H,9-10H2,1-8H3;/q-2;/i11D,13D,14D,23D,24D,45D;. The molecule has 5 nitrogen and oxygen atoms in total. The fourth-order valence-electron chi connectivity index (χ4n) is 9.91. The Kier molecular flexibility index (Phi) is 11.5. The summed E-state index contributed by atoms with van der Waals surface area (Å²) in [5.41, 5.74) is 11.6. The summed E-state index contributed by atoms with van der Waals surface area (Å²) >= 11 is 0. The second kappa shape index (κ2) is 19.9. The minimum Gasteiger partial charge on any atom is -0.510 e. The number of benzene rings is 8. The number of hydrogen-bond donors (Lipinski definition) is 0. The van der Waals surface area contributed by atoms with Gasteiger partial charge in [-0.05, 0) is 97.3 Å². The summed E-state index contributed by atoms with van der Waals surface area (Å²) < 4.78 is 66.9. The van der Waals surface area contributed by atoms with Crippen LogP contribution < -0.4 is 9.30 Å². The van der Waals surface area contributed by atoms with Gasteiger partial charge < -0.3 is 13.9 Å². The summed E-state index contributed by atoms with van der Waals surface area (Å²) in [6, 6.07) is 55.9. The van der Waals surface area contributed by atoms with E-state index in [1.807, 2.05) is 112 Å². The number of ether oxygens (including phenoxy) is 1. The van der Waals surface area contributed by atoms with E-state index in [2.05, 4.69) is 133 Å². The number of nitrogens with zero attached hydrogens (tertiary/aromatic N) is 4. The van der Waals surface area contributed by atoms with Gasteiger partial charge >= 0.3 is 0 Å². The summed E-state index contributed by atoms with van der Waals surface area (Å²) in [6.07, 6.45) is 6.85. The van der Waals surface area contributed by atoms with Gasteiger partial charge in [-0.3, -0.25) is 4.57 Å². The Morgan fingerprint density at radius 1 is 0.616 bits per heavy atom. The summed E-state index contributed by atoms with van der Waals surface area (Å²) in [4.78, 5) is 5.10. The number of fused-ring (bicyclic) bond motifs is 4. The van der Waals surface area contributed by atoms with Crippen LogP contribution in [0.3, 0.4) is 0 Å². The van der Waals surface area contributed by atoms with Gasteiger partial charge in [-0.25, -0.2) is 4.98 Å². The van der Waals surface area contributed by atoms with E-state index < -0.39 is 24.0 Å². The SMILES string of the molecule is [2H]c1c([2H])c([2H])c(-c2cccc(-c3cc(C(C)(C)C)cc(C(C)(C)C)c3)c2-[n+]2[c-]n(-c3[c-]c(Oc4[c-]c5c(cc4)c4ccccc4n5-c4cc(C([2H])(CC)CC)c(-c5ccccc5)cn4)ccc3)c3ccccc32)c([2H])c1[2H].[Pt]. The number of para-hydroxylation sites is 4. The van der Waals surface area contributed by atoms with Crippen LogP contribution in [0.1, 0.15) is 99.0 Å². The Bertz CT molecular complexity index is 4090. The first kappa shape index (κ1) is 42.2. The van der Waals surface area contributed by atoms with Gasteiger partial charge in [0.1, 0.15) is 5.82 Å². The van der Waals surface area contributed by atoms with Gasteiger partial charge in [0.05, 0.1) is 23.6 Å². The molecule has 0 aliphatic rings. The molecule has 0 aliphatic heterocycles. The normalized spacial score (nSPS) is 13.3. The zero-order valence-electron chi connectivity index (χ0n) is 48.4. The van der Waals surface area contributed by atoms with Crippen LogP contribution in [-0.2, 0) is 31.9 Å². The molecule has 6 heteroatoms. The Morgan fingerprint density at radius 2 is 1.26 bits per heavy atom. The molecular weight excluding hydrogens is 1070 g/mol. The molecule has 11 aromatic rings. The maximum absolute atomic E-state index is 9.70. The predicted molar refractivity (Wildman–Crippen MR) is 297 cm³/mol. The molecule has 11 rings (SSSR count). The van der Waals surface area contributed by atoms with Gasteiger partial charge in [0.2, 0.25) is 0 Å². The smallest absolute Gasteiger partial charge is 0.268 e. The maximum Gasteiger partial charge on any atom is 0.268 e. The van der Waals surface area contributed by atoms with E-state index in [0.717, 1.165) is 71.8 Å². The monoisotopic (exact) mass is 1140 g/mol. The van der Waals surface area contributed by atoms with Crippen molar-refractivity contribution in [3.63, 3.8) is 0 Å². The van der Waals surface area contributed by atoms with Crippen molar-refractivity contribution in [2.75, 3.05) is 0 Å². The minimum atomic E-state index is -0.841. The average Bonchev–Trinajstić information content (AvgIpc) is 4.11. The number of rotatable bonds is 11. The molecule has 0 atom stereocenters. The van der Waals surface area contributed by atoms with Gasteiger partial charge in [0.25, 0.3) is 6.33 Å². The third-order valence-corrected chi connectivity index (χ3v) is 13.8. The average molecular weight is 1140 g/mol. The van der Waals surface area contributed by atoms with Crippen LogP contribution in [0, 0.1) is 18.5 Å². The first-order valence-electron chi connectivity index (χ1n) is 27.8. The molecule has 0 unspecified atom stereocenters. The van der Waals surface area contributed by atoms with Gasteiger partial charge in [0, 0.05) is 51.2 Å². The molecule has 366 valence electrons. The molecule has 0 radical (unpaired) electrons. The van der Waals surface area contributed by atoms with Crippen LogP contribution in [0.25, 0.3) is 83.4 Å². The number of pyridine rings is 1. The second-order valence-corrected chi connectivity index (χ2v) is 20.5. The van der Waals surface area contributed by atoms with Crippen molar-refractivity contribution in [3.05, 3.63) is 223 Å². The second-order valence-electron chi connectivity index (χ2n) is 20.5. The molecule has 3 aromatic heterocycles. The van der Waals surface area contributed by atoms with Gasteiger partial charge in [-0.1, -0.05) is 200 Å². The largest absolute Gasteiger partial charge is 0.510 e. The molecule has 3 heterocycles. The summed E-state index contributed by atoms with van der Waals surface area (Å²) in [7, 11) is 0. The first-order valence-corrected chi connectivity index (χ1v) is 24.8. The van der Waals surface area contributed by atoms with Gasteiger partial charge in [-0.15, -0.1) is 29.7 Å². The molecule has 0 fully saturated rings. The van der Waals surface area contributed by atoms with Crippen molar-refractivity contribution in [2.45, 2.75) is 85.0 Å². The molecule has 0 saturated heterocycles. The molecular formula is C67H60N4OPt-2. The fraction of sp³-hybridized carbons (Fsp3) is 0.194. The van der Waals surface area contributed by atoms with Gasteiger partial charge in [-0.2, -0.15) is 18.2 Å². The first-order chi connectivity index (χ1) is 37.3. The van der Waals surface area contributed by atoms with E-state index in [9.17, 15) is 4.11 Å². The number of hydrogen-bond acceptors (Lipinski definition) is 2. The van der Waals surface area contributed by atoms with E-state index >= 15 is 0 Å². The van der Waals surface area contributed by atoms with Crippen LogP contribution in [0.15, 0.2) is 188 Å². The van der Waals surface area contributed by atoms with Crippen LogP contribution >= 0.6 is 0 Å². The molecule has 73 heavy (non-hydrogen) atoms. The van der Waals surface area contributed by atoms with Crippen LogP contribution in [0.5, 0.6) is 11.5 Å². The molecule has 0 saturated carbocycles. The van der Waals surface area contributed by atoms with E-state index in [4.69, 9.17) is 13.8 Å². The third kappa shape index (κ3) is 9.37. The Morgan fingerprint density at radius 3 is 1.97 bits per heavy atom. The van der Waals surface area contributed by atoms with E-state index in [1.165, 1.54) is 0 Å². The van der Waals surface area contributed by atoms with Crippen molar-refractivity contribution >= 4 is 32.8 Å². The Hall–Kier alpha value is -7.33.